The highest BCUT2D eigenvalue weighted by atomic mass is 16.2. The third kappa shape index (κ3) is 55.7. The summed E-state index contributed by atoms with van der Waals surface area (Å²) in [6.07, 6.45) is 28.7. The Balaban J connectivity index is -0.000000112. The van der Waals surface area contributed by atoms with E-state index in [2.05, 4.69) is 83.1 Å². The monoisotopic (exact) mass is 696 g/mol. The molecule has 0 amide bonds. The molecular formula is C42H64O8. The average molecular weight is 697 g/mol. The lowest BCUT2D eigenvalue weighted by molar-refractivity contribution is -0.131. The normalized spacial score (nSPS) is 13.4. The zero-order valence-corrected chi connectivity index (χ0v) is 32.7. The third-order valence-electron chi connectivity index (χ3n) is 3.35. The predicted molar refractivity (Wildman–Crippen MR) is 209 cm³/mol. The fourth-order valence-electron chi connectivity index (χ4n) is 1.78. The van der Waals surface area contributed by atoms with Crippen LogP contribution in [0.1, 0.15) is 122 Å². The average Bonchev–Trinajstić information content (AvgIpc) is 3.06. The molecule has 280 valence electrons. The predicted octanol–water partition coefficient (Wildman–Crippen LogP) is 9.50. The molecule has 0 heterocycles. The van der Waals surface area contributed by atoms with Crippen molar-refractivity contribution in [3.8, 4) is 0 Å². The molecule has 0 atom stereocenters. The van der Waals surface area contributed by atoms with Crippen LogP contribution in [0, 0.1) is 0 Å². The Bertz CT molecular complexity index is 976. The maximum absolute atomic E-state index is 10.3. The minimum Gasteiger partial charge on any atom is -0.290 e. The molecule has 0 fully saturated rings. The van der Waals surface area contributed by atoms with Crippen LogP contribution in [-0.4, -0.2) is 46.3 Å². The number of ketones is 8. The summed E-state index contributed by atoms with van der Waals surface area (Å²) in [6, 6.07) is 0. The van der Waals surface area contributed by atoms with Crippen LogP contribution in [0.3, 0.4) is 0 Å². The van der Waals surface area contributed by atoms with Crippen molar-refractivity contribution in [3.63, 3.8) is 0 Å². The lowest BCUT2D eigenvalue weighted by atomic mass is 10.1. The van der Waals surface area contributed by atoms with Gasteiger partial charge in [-0.1, -0.05) is 146 Å². The Morgan fingerprint density at radius 1 is 0.240 bits per heavy atom. The first kappa shape index (κ1) is 57.5. The topological polar surface area (TPSA) is 137 Å². The summed E-state index contributed by atoms with van der Waals surface area (Å²) in [6.45, 7) is 25.5. The largest absolute Gasteiger partial charge is 0.290 e. The van der Waals surface area contributed by atoms with E-state index >= 15 is 0 Å². The van der Waals surface area contributed by atoms with Gasteiger partial charge in [-0.15, -0.1) is 0 Å². The molecule has 50 heavy (non-hydrogen) atoms. The van der Waals surface area contributed by atoms with Gasteiger partial charge in [0.2, 0.25) is 23.1 Å². The number of hydrogen-bond donors (Lipinski definition) is 0. The zero-order chi connectivity index (χ0) is 40.2. The standard InChI is InChI=1S/4C6H4O2.6C3H8/c2*7-5-1-2-6(8)4-3-5;2*7-5-3-1-2-4-6(5)8;6*1-3-2/h4*1-4H;6*3H2,1-2H3. The Hall–Kier alpha value is -4.72. The van der Waals surface area contributed by atoms with Crippen molar-refractivity contribution in [1.82, 2.24) is 0 Å². The Kier molecular flexibility index (Phi) is 56.0. The quantitative estimate of drug-likeness (QED) is 0.139. The second-order valence-corrected chi connectivity index (χ2v) is 10.1. The first-order valence-electron chi connectivity index (χ1n) is 17.4. The molecule has 0 saturated carbocycles. The number of allylic oxidation sites excluding steroid dienone is 16. The maximum Gasteiger partial charge on any atom is 0.225 e. The van der Waals surface area contributed by atoms with Gasteiger partial charge in [0.25, 0.3) is 0 Å². The first-order valence-corrected chi connectivity index (χ1v) is 17.4. The molecule has 4 rings (SSSR count). The van der Waals surface area contributed by atoms with E-state index in [1.807, 2.05) is 0 Å². The van der Waals surface area contributed by atoms with E-state index in [-0.39, 0.29) is 23.1 Å². The Morgan fingerprint density at radius 3 is 0.420 bits per heavy atom. The number of carbonyl (C=O) groups excluding carboxylic acids is 8. The smallest absolute Gasteiger partial charge is 0.225 e. The zero-order valence-electron chi connectivity index (χ0n) is 32.7. The lowest BCUT2D eigenvalue weighted by Gasteiger charge is -1.88. The molecule has 0 aliphatic heterocycles. The first-order chi connectivity index (χ1) is 23.7. The van der Waals surface area contributed by atoms with E-state index in [4.69, 9.17) is 0 Å². The molecule has 0 saturated heterocycles. The van der Waals surface area contributed by atoms with Crippen LogP contribution in [0.5, 0.6) is 0 Å². The van der Waals surface area contributed by atoms with Crippen molar-refractivity contribution in [2.24, 2.45) is 0 Å². The van der Waals surface area contributed by atoms with Gasteiger partial charge in [0.05, 0.1) is 0 Å². The summed E-state index contributed by atoms with van der Waals surface area (Å²) in [5, 5.41) is 0. The Morgan fingerprint density at radius 2 is 0.340 bits per heavy atom. The molecular weight excluding hydrogens is 632 g/mol. The Labute approximate surface area is 303 Å². The molecule has 0 aromatic heterocycles. The van der Waals surface area contributed by atoms with Gasteiger partial charge in [0.15, 0.2) is 23.1 Å². The van der Waals surface area contributed by atoms with Crippen molar-refractivity contribution in [3.05, 3.63) is 97.2 Å². The van der Waals surface area contributed by atoms with Crippen LogP contribution in [0.4, 0.5) is 0 Å². The van der Waals surface area contributed by atoms with E-state index in [0.29, 0.717) is 0 Å². The molecule has 4 aliphatic carbocycles. The summed E-state index contributed by atoms with van der Waals surface area (Å²) in [4.78, 5) is 82.4. The number of carbonyl (C=O) groups is 8. The molecule has 0 unspecified atom stereocenters. The molecule has 4 aliphatic rings. The van der Waals surface area contributed by atoms with Gasteiger partial charge in [-0.3, -0.25) is 38.4 Å². The highest BCUT2D eigenvalue weighted by Crippen LogP contribution is 1.93. The van der Waals surface area contributed by atoms with Crippen LogP contribution in [0.15, 0.2) is 97.2 Å². The van der Waals surface area contributed by atoms with E-state index < -0.39 is 23.1 Å². The highest BCUT2D eigenvalue weighted by molar-refractivity contribution is 6.46. The van der Waals surface area contributed by atoms with Crippen molar-refractivity contribution >= 4 is 46.3 Å². The van der Waals surface area contributed by atoms with Gasteiger partial charge in [-0.05, 0) is 72.9 Å². The minimum atomic E-state index is -0.437. The van der Waals surface area contributed by atoms with Gasteiger partial charge in [0.1, 0.15) is 0 Å². The lowest BCUT2D eigenvalue weighted by Crippen LogP contribution is -2.08. The summed E-state index contributed by atoms with van der Waals surface area (Å²) in [5.41, 5.74) is 0. The molecule has 0 aromatic carbocycles. The van der Waals surface area contributed by atoms with Gasteiger partial charge < -0.3 is 0 Å². The molecule has 0 bridgehead atoms. The fraction of sp³-hybridized carbons (Fsp3) is 0.429. The van der Waals surface area contributed by atoms with Crippen molar-refractivity contribution in [1.29, 1.82) is 0 Å². The molecule has 8 heteroatoms. The molecule has 0 N–H and O–H groups in total. The van der Waals surface area contributed by atoms with Gasteiger partial charge in [-0.2, -0.15) is 0 Å². The summed E-state index contributed by atoms with van der Waals surface area (Å²) < 4.78 is 0. The molecule has 0 spiro atoms. The van der Waals surface area contributed by atoms with E-state index in [0.717, 1.165) is 0 Å². The van der Waals surface area contributed by atoms with Crippen LogP contribution in [0.25, 0.3) is 0 Å². The highest BCUT2D eigenvalue weighted by Gasteiger charge is 2.07. The summed E-state index contributed by atoms with van der Waals surface area (Å²) in [7, 11) is 0. The second-order valence-electron chi connectivity index (χ2n) is 10.1. The maximum atomic E-state index is 10.3. The van der Waals surface area contributed by atoms with Crippen molar-refractivity contribution < 1.29 is 38.4 Å². The number of rotatable bonds is 0. The van der Waals surface area contributed by atoms with Crippen LogP contribution in [-0.2, 0) is 38.4 Å². The van der Waals surface area contributed by atoms with E-state index in [9.17, 15) is 38.4 Å². The van der Waals surface area contributed by atoms with Gasteiger partial charge in [-0.25, -0.2) is 0 Å². The molecule has 0 radical (unpaired) electrons. The fourth-order valence-corrected chi connectivity index (χ4v) is 1.78. The minimum absolute atomic E-state index is 0.121. The second kappa shape index (κ2) is 48.7. The van der Waals surface area contributed by atoms with Crippen molar-refractivity contribution in [2.75, 3.05) is 0 Å². The number of hydrogen-bond acceptors (Lipinski definition) is 8. The van der Waals surface area contributed by atoms with Crippen LogP contribution in [0.2, 0.25) is 0 Å². The van der Waals surface area contributed by atoms with Crippen LogP contribution < -0.4 is 0 Å². The van der Waals surface area contributed by atoms with Crippen LogP contribution >= 0.6 is 0 Å². The van der Waals surface area contributed by atoms with Gasteiger partial charge >= 0.3 is 0 Å². The van der Waals surface area contributed by atoms with E-state index in [1.54, 1.807) is 24.3 Å². The van der Waals surface area contributed by atoms with E-state index in [1.165, 1.54) is 111 Å². The van der Waals surface area contributed by atoms with Gasteiger partial charge in [0, 0.05) is 0 Å². The van der Waals surface area contributed by atoms with Crippen molar-refractivity contribution in [2.45, 2.75) is 122 Å². The third-order valence-corrected chi connectivity index (χ3v) is 3.35. The summed E-state index contributed by atoms with van der Waals surface area (Å²) >= 11 is 0. The SMILES string of the molecule is CCC.CCC.CCC.CCC.CCC.CCC.O=C1C=CC(=O)C=C1.O=C1C=CC(=O)C=C1.O=C1C=CC=CC1=O.O=C1C=CC=CC1=O. The summed E-state index contributed by atoms with van der Waals surface area (Å²) in [5.74, 6) is -2.23. The molecule has 8 nitrogen and oxygen atoms in total. The molecule has 0 aromatic rings.